The number of carbonyl (C=O) groups excluding carboxylic acids is 1. The van der Waals surface area contributed by atoms with Crippen molar-refractivity contribution in [2.24, 2.45) is 0 Å². The van der Waals surface area contributed by atoms with Gasteiger partial charge in [0.15, 0.2) is 0 Å². The predicted molar refractivity (Wildman–Crippen MR) is 83.3 cm³/mol. The number of carbonyl (C=O) groups is 1. The predicted octanol–water partition coefficient (Wildman–Crippen LogP) is 2.94. The average Bonchev–Trinajstić information content (AvgIpc) is 2.48. The van der Waals surface area contributed by atoms with E-state index in [-0.39, 0.29) is 12.1 Å². The van der Waals surface area contributed by atoms with E-state index in [9.17, 15) is 9.90 Å². The molecule has 116 valence electrons. The molecule has 0 bridgehead atoms. The van der Waals surface area contributed by atoms with Crippen LogP contribution in [0.4, 0.5) is 10.5 Å². The van der Waals surface area contributed by atoms with Gasteiger partial charge < -0.3 is 15.3 Å². The number of aliphatic hydroxyl groups is 1. The third kappa shape index (κ3) is 4.43. The number of nitrogens with one attached hydrogen (secondary N) is 1. The molecule has 1 aliphatic carbocycles. The lowest BCUT2D eigenvalue weighted by Gasteiger charge is -2.35. The van der Waals surface area contributed by atoms with Crippen LogP contribution in [0.2, 0.25) is 0 Å². The summed E-state index contributed by atoms with van der Waals surface area (Å²) >= 11 is 0. The molecular formula is C16H25N3O2. The SMILES string of the molecule is Cc1cnccc1NC(=O)N(C[C@@H](C)O)C1CCCCC1. The number of nitrogens with zero attached hydrogens (tertiary/aromatic N) is 2. The molecule has 1 fully saturated rings. The van der Waals surface area contributed by atoms with Gasteiger partial charge in [-0.2, -0.15) is 0 Å². The highest BCUT2D eigenvalue weighted by Gasteiger charge is 2.26. The molecule has 0 aliphatic heterocycles. The topological polar surface area (TPSA) is 65.5 Å². The van der Waals surface area contributed by atoms with Crippen LogP contribution in [-0.4, -0.2) is 39.7 Å². The van der Waals surface area contributed by atoms with Crippen LogP contribution in [-0.2, 0) is 0 Å². The molecule has 1 atom stereocenters. The molecular weight excluding hydrogens is 266 g/mol. The van der Waals surface area contributed by atoms with Crippen LogP contribution in [0.25, 0.3) is 0 Å². The largest absolute Gasteiger partial charge is 0.392 e. The summed E-state index contributed by atoms with van der Waals surface area (Å²) in [4.78, 5) is 18.4. The first-order valence-electron chi connectivity index (χ1n) is 7.74. The Morgan fingerprint density at radius 2 is 2.19 bits per heavy atom. The molecule has 1 heterocycles. The van der Waals surface area contributed by atoms with Crippen molar-refractivity contribution in [1.82, 2.24) is 9.88 Å². The second-order valence-corrected chi connectivity index (χ2v) is 5.91. The lowest BCUT2D eigenvalue weighted by Crippen LogP contribution is -2.47. The zero-order chi connectivity index (χ0) is 15.2. The van der Waals surface area contributed by atoms with Crippen LogP contribution in [0.5, 0.6) is 0 Å². The Kier molecular flexibility index (Phi) is 5.56. The summed E-state index contributed by atoms with van der Waals surface area (Å²) in [5, 5.41) is 12.6. The third-order valence-electron chi connectivity index (χ3n) is 4.00. The molecule has 1 aromatic heterocycles. The number of rotatable bonds is 4. The van der Waals surface area contributed by atoms with Gasteiger partial charge in [-0.15, -0.1) is 0 Å². The summed E-state index contributed by atoms with van der Waals surface area (Å²) < 4.78 is 0. The molecule has 0 aromatic carbocycles. The standard InChI is InChI=1S/C16H25N3O2/c1-12-10-17-9-8-15(12)18-16(21)19(11-13(2)20)14-6-4-3-5-7-14/h8-10,13-14,20H,3-7,11H2,1-2H3,(H,17,18,21)/t13-/m1/s1. The van der Waals surface area contributed by atoms with Gasteiger partial charge in [-0.25, -0.2) is 4.79 Å². The van der Waals surface area contributed by atoms with Gasteiger partial charge in [0.1, 0.15) is 0 Å². The number of aliphatic hydroxyl groups excluding tert-OH is 1. The Morgan fingerprint density at radius 3 is 2.81 bits per heavy atom. The number of pyridine rings is 1. The molecule has 1 aromatic rings. The molecule has 5 nitrogen and oxygen atoms in total. The van der Waals surface area contributed by atoms with Crippen LogP contribution in [0, 0.1) is 6.92 Å². The lowest BCUT2D eigenvalue weighted by atomic mass is 9.94. The lowest BCUT2D eigenvalue weighted by molar-refractivity contribution is 0.105. The van der Waals surface area contributed by atoms with Crippen molar-refractivity contribution >= 4 is 11.7 Å². The first-order valence-corrected chi connectivity index (χ1v) is 7.74. The molecule has 2 N–H and O–H groups in total. The molecule has 1 saturated carbocycles. The number of aryl methyl sites for hydroxylation is 1. The summed E-state index contributed by atoms with van der Waals surface area (Å²) in [6.45, 7) is 4.02. The monoisotopic (exact) mass is 291 g/mol. The van der Waals surface area contributed by atoms with E-state index in [1.807, 2.05) is 6.92 Å². The van der Waals surface area contributed by atoms with E-state index in [2.05, 4.69) is 10.3 Å². The first-order chi connectivity index (χ1) is 10.1. The number of amides is 2. The molecule has 2 amide bonds. The summed E-state index contributed by atoms with van der Waals surface area (Å²) in [6.07, 6.45) is 8.48. The van der Waals surface area contributed by atoms with E-state index >= 15 is 0 Å². The van der Waals surface area contributed by atoms with Crippen molar-refractivity contribution in [3.8, 4) is 0 Å². The van der Waals surface area contributed by atoms with Crippen molar-refractivity contribution in [2.45, 2.75) is 58.1 Å². The Balaban J connectivity index is 2.08. The highest BCUT2D eigenvalue weighted by Crippen LogP contribution is 2.24. The second-order valence-electron chi connectivity index (χ2n) is 5.91. The maximum absolute atomic E-state index is 12.6. The number of urea groups is 1. The van der Waals surface area contributed by atoms with Crippen LogP contribution in [0.1, 0.15) is 44.6 Å². The van der Waals surface area contributed by atoms with E-state index in [0.717, 1.165) is 36.9 Å². The van der Waals surface area contributed by atoms with Gasteiger partial charge in [-0.3, -0.25) is 4.98 Å². The molecule has 5 heteroatoms. The smallest absolute Gasteiger partial charge is 0.322 e. The number of hydrogen-bond donors (Lipinski definition) is 2. The van der Waals surface area contributed by atoms with Crippen molar-refractivity contribution in [2.75, 3.05) is 11.9 Å². The van der Waals surface area contributed by atoms with Gasteiger partial charge in [0, 0.05) is 30.7 Å². The summed E-state index contributed by atoms with van der Waals surface area (Å²) in [5.41, 5.74) is 1.72. The molecule has 0 radical (unpaired) electrons. The van der Waals surface area contributed by atoms with Gasteiger partial charge in [0.2, 0.25) is 0 Å². The van der Waals surface area contributed by atoms with Crippen molar-refractivity contribution in [1.29, 1.82) is 0 Å². The molecule has 0 saturated heterocycles. The first kappa shape index (κ1) is 15.8. The molecule has 21 heavy (non-hydrogen) atoms. The summed E-state index contributed by atoms with van der Waals surface area (Å²) in [6, 6.07) is 1.90. The molecule has 2 rings (SSSR count). The second kappa shape index (κ2) is 7.41. The zero-order valence-corrected chi connectivity index (χ0v) is 12.9. The molecule has 0 unspecified atom stereocenters. The summed E-state index contributed by atoms with van der Waals surface area (Å²) in [5.74, 6) is 0. The van der Waals surface area contributed by atoms with Gasteiger partial charge in [-0.1, -0.05) is 19.3 Å². The van der Waals surface area contributed by atoms with E-state index in [4.69, 9.17) is 0 Å². The van der Waals surface area contributed by atoms with E-state index in [1.165, 1.54) is 6.42 Å². The minimum absolute atomic E-state index is 0.128. The zero-order valence-electron chi connectivity index (χ0n) is 12.9. The fraction of sp³-hybridized carbons (Fsp3) is 0.625. The van der Waals surface area contributed by atoms with E-state index < -0.39 is 6.10 Å². The fourth-order valence-corrected chi connectivity index (χ4v) is 2.88. The Labute approximate surface area is 126 Å². The Morgan fingerprint density at radius 1 is 1.48 bits per heavy atom. The fourth-order valence-electron chi connectivity index (χ4n) is 2.88. The van der Waals surface area contributed by atoms with Crippen LogP contribution < -0.4 is 5.32 Å². The maximum atomic E-state index is 12.6. The normalized spacial score (nSPS) is 17.3. The molecule has 0 spiro atoms. The quantitative estimate of drug-likeness (QED) is 0.896. The van der Waals surface area contributed by atoms with Gasteiger partial charge in [0.05, 0.1) is 6.10 Å². The summed E-state index contributed by atoms with van der Waals surface area (Å²) in [7, 11) is 0. The number of hydrogen-bond acceptors (Lipinski definition) is 3. The van der Waals surface area contributed by atoms with Crippen LogP contribution in [0.3, 0.4) is 0 Å². The van der Waals surface area contributed by atoms with E-state index in [1.54, 1.807) is 30.3 Å². The molecule has 1 aliphatic rings. The van der Waals surface area contributed by atoms with Crippen LogP contribution >= 0.6 is 0 Å². The maximum Gasteiger partial charge on any atom is 0.322 e. The number of anilines is 1. The van der Waals surface area contributed by atoms with E-state index in [0.29, 0.717) is 6.54 Å². The van der Waals surface area contributed by atoms with Crippen molar-refractivity contribution in [3.63, 3.8) is 0 Å². The highest BCUT2D eigenvalue weighted by atomic mass is 16.3. The minimum atomic E-state index is -0.517. The highest BCUT2D eigenvalue weighted by molar-refractivity contribution is 5.90. The Bertz CT molecular complexity index is 470. The van der Waals surface area contributed by atoms with Gasteiger partial charge >= 0.3 is 6.03 Å². The Hall–Kier alpha value is -1.62. The third-order valence-corrected chi connectivity index (χ3v) is 4.00. The van der Waals surface area contributed by atoms with Crippen molar-refractivity contribution < 1.29 is 9.90 Å². The average molecular weight is 291 g/mol. The van der Waals surface area contributed by atoms with Crippen molar-refractivity contribution in [3.05, 3.63) is 24.0 Å². The number of aromatic nitrogens is 1. The van der Waals surface area contributed by atoms with Gasteiger partial charge in [-0.05, 0) is 38.3 Å². The van der Waals surface area contributed by atoms with Gasteiger partial charge in [0.25, 0.3) is 0 Å². The minimum Gasteiger partial charge on any atom is -0.392 e. The van der Waals surface area contributed by atoms with Crippen LogP contribution in [0.15, 0.2) is 18.5 Å².